The summed E-state index contributed by atoms with van der Waals surface area (Å²) in [5.74, 6) is 0. The first kappa shape index (κ1) is 11.7. The minimum atomic E-state index is -0.773. The Balaban J connectivity index is 2.40. The molecule has 0 amide bonds. The number of rotatable bonds is 3. The Morgan fingerprint density at radius 1 is 1.35 bits per heavy atom. The van der Waals surface area contributed by atoms with Crippen molar-refractivity contribution in [3.8, 4) is 0 Å². The molecule has 2 rings (SSSR count). The smallest absolute Gasteiger partial charge is 0.139 e. The topological polar surface area (TPSA) is 63.8 Å². The Kier molecular flexibility index (Phi) is 3.19. The van der Waals surface area contributed by atoms with E-state index in [1.54, 1.807) is 17.1 Å². The lowest BCUT2D eigenvalue weighted by Crippen LogP contribution is -2.11. The largest absolute Gasteiger partial charge is 0.380 e. The molecule has 5 heteroatoms. The summed E-state index contributed by atoms with van der Waals surface area (Å²) < 4.78 is 1.67. The predicted molar refractivity (Wildman–Crippen MR) is 63.5 cm³/mol. The third-order valence-electron chi connectivity index (χ3n) is 2.74. The van der Waals surface area contributed by atoms with Crippen molar-refractivity contribution in [3.05, 3.63) is 41.0 Å². The predicted octanol–water partition coefficient (Wildman–Crippen LogP) is 1.39. The standard InChI is InChI=1S/C12H16N4O/c1-4-16-10(7-14-15-16)12(17)11-9(3)5-8(2)6-13-11/h5-7,12,17H,4H2,1-3H3. The number of hydrogen-bond donors (Lipinski definition) is 1. The Morgan fingerprint density at radius 3 is 2.76 bits per heavy atom. The first-order valence-corrected chi connectivity index (χ1v) is 5.63. The highest BCUT2D eigenvalue weighted by molar-refractivity contribution is 5.28. The first-order valence-electron chi connectivity index (χ1n) is 5.63. The van der Waals surface area contributed by atoms with E-state index in [0.717, 1.165) is 11.1 Å². The van der Waals surface area contributed by atoms with Gasteiger partial charge in [0, 0.05) is 12.7 Å². The van der Waals surface area contributed by atoms with Crippen LogP contribution in [-0.2, 0) is 6.54 Å². The maximum absolute atomic E-state index is 10.3. The number of aliphatic hydroxyl groups excluding tert-OH is 1. The Morgan fingerprint density at radius 2 is 2.12 bits per heavy atom. The van der Waals surface area contributed by atoms with Crippen LogP contribution in [0.2, 0.25) is 0 Å². The zero-order chi connectivity index (χ0) is 12.4. The van der Waals surface area contributed by atoms with Gasteiger partial charge in [0.25, 0.3) is 0 Å². The van der Waals surface area contributed by atoms with Gasteiger partial charge in [0.05, 0.1) is 17.6 Å². The fourth-order valence-electron chi connectivity index (χ4n) is 1.88. The molecule has 0 bridgehead atoms. The fraction of sp³-hybridized carbons (Fsp3) is 0.417. The van der Waals surface area contributed by atoms with Crippen LogP contribution >= 0.6 is 0 Å². The summed E-state index contributed by atoms with van der Waals surface area (Å²) in [5.41, 5.74) is 3.39. The van der Waals surface area contributed by atoms with Gasteiger partial charge in [-0.05, 0) is 31.9 Å². The molecule has 0 saturated carbocycles. The van der Waals surface area contributed by atoms with Crippen molar-refractivity contribution in [2.24, 2.45) is 0 Å². The Labute approximate surface area is 100 Å². The van der Waals surface area contributed by atoms with Gasteiger partial charge in [0.2, 0.25) is 0 Å². The first-order chi connectivity index (χ1) is 8.13. The molecule has 0 fully saturated rings. The molecular weight excluding hydrogens is 216 g/mol. The lowest BCUT2D eigenvalue weighted by Gasteiger charge is -2.13. The molecule has 0 aliphatic rings. The maximum Gasteiger partial charge on any atom is 0.139 e. The van der Waals surface area contributed by atoms with Gasteiger partial charge >= 0.3 is 0 Å². The van der Waals surface area contributed by atoms with Crippen molar-refractivity contribution in [2.45, 2.75) is 33.4 Å². The lowest BCUT2D eigenvalue weighted by atomic mass is 10.1. The summed E-state index contributed by atoms with van der Waals surface area (Å²) in [6.45, 7) is 6.56. The molecule has 0 saturated heterocycles. The third-order valence-corrected chi connectivity index (χ3v) is 2.74. The number of hydrogen-bond acceptors (Lipinski definition) is 4. The second-order valence-electron chi connectivity index (χ2n) is 4.09. The van der Waals surface area contributed by atoms with Crippen molar-refractivity contribution in [2.75, 3.05) is 0 Å². The summed E-state index contributed by atoms with van der Waals surface area (Å²) in [6, 6.07) is 2.01. The molecule has 2 aromatic rings. The van der Waals surface area contributed by atoms with Crippen molar-refractivity contribution >= 4 is 0 Å². The average Bonchev–Trinajstić information content (AvgIpc) is 2.76. The van der Waals surface area contributed by atoms with E-state index in [0.29, 0.717) is 17.9 Å². The van der Waals surface area contributed by atoms with Crippen molar-refractivity contribution < 1.29 is 5.11 Å². The van der Waals surface area contributed by atoms with Crippen LogP contribution in [0.15, 0.2) is 18.5 Å². The van der Waals surface area contributed by atoms with Crippen molar-refractivity contribution in [1.82, 2.24) is 20.0 Å². The number of aliphatic hydroxyl groups is 1. The van der Waals surface area contributed by atoms with E-state index in [4.69, 9.17) is 0 Å². The normalized spacial score (nSPS) is 12.7. The van der Waals surface area contributed by atoms with Crippen LogP contribution in [0.3, 0.4) is 0 Å². The zero-order valence-electron chi connectivity index (χ0n) is 10.3. The highest BCUT2D eigenvalue weighted by atomic mass is 16.3. The van der Waals surface area contributed by atoms with Crippen LogP contribution in [0.1, 0.15) is 35.5 Å². The molecule has 5 nitrogen and oxygen atoms in total. The number of aromatic nitrogens is 4. The summed E-state index contributed by atoms with van der Waals surface area (Å²) >= 11 is 0. The number of aryl methyl sites for hydroxylation is 3. The van der Waals surface area contributed by atoms with E-state index in [1.807, 2.05) is 26.8 Å². The highest BCUT2D eigenvalue weighted by Crippen LogP contribution is 2.22. The van der Waals surface area contributed by atoms with E-state index in [2.05, 4.69) is 15.3 Å². The summed E-state index contributed by atoms with van der Waals surface area (Å²) in [6.07, 6.45) is 2.56. The molecule has 0 radical (unpaired) electrons. The van der Waals surface area contributed by atoms with Gasteiger partial charge in [-0.3, -0.25) is 4.98 Å². The molecule has 2 heterocycles. The Hall–Kier alpha value is -1.75. The van der Waals surface area contributed by atoms with Crippen LogP contribution in [-0.4, -0.2) is 25.1 Å². The molecule has 1 unspecified atom stereocenters. The second-order valence-corrected chi connectivity index (χ2v) is 4.09. The van der Waals surface area contributed by atoms with E-state index >= 15 is 0 Å². The van der Waals surface area contributed by atoms with E-state index < -0.39 is 6.10 Å². The van der Waals surface area contributed by atoms with Crippen LogP contribution in [0, 0.1) is 13.8 Å². The van der Waals surface area contributed by atoms with Gasteiger partial charge in [-0.15, -0.1) is 5.10 Å². The highest BCUT2D eigenvalue weighted by Gasteiger charge is 2.18. The van der Waals surface area contributed by atoms with Crippen molar-refractivity contribution in [1.29, 1.82) is 0 Å². The minimum Gasteiger partial charge on any atom is -0.380 e. The van der Waals surface area contributed by atoms with Crippen LogP contribution in [0.4, 0.5) is 0 Å². The molecular formula is C12H16N4O. The lowest BCUT2D eigenvalue weighted by molar-refractivity contribution is 0.202. The van der Waals surface area contributed by atoms with Gasteiger partial charge in [-0.2, -0.15) is 0 Å². The van der Waals surface area contributed by atoms with E-state index in [9.17, 15) is 5.11 Å². The zero-order valence-corrected chi connectivity index (χ0v) is 10.3. The molecule has 17 heavy (non-hydrogen) atoms. The Bertz CT molecular complexity index is 521. The van der Waals surface area contributed by atoms with Crippen LogP contribution in [0.5, 0.6) is 0 Å². The summed E-state index contributed by atoms with van der Waals surface area (Å²) in [4.78, 5) is 4.29. The average molecular weight is 232 g/mol. The van der Waals surface area contributed by atoms with Gasteiger partial charge in [0.15, 0.2) is 0 Å². The van der Waals surface area contributed by atoms with Gasteiger partial charge in [0.1, 0.15) is 6.10 Å². The molecule has 90 valence electrons. The number of nitrogens with zero attached hydrogens (tertiary/aromatic N) is 4. The third kappa shape index (κ3) is 2.19. The molecule has 0 aliphatic carbocycles. The molecule has 0 aliphatic heterocycles. The maximum atomic E-state index is 10.3. The van der Waals surface area contributed by atoms with Crippen LogP contribution in [0.25, 0.3) is 0 Å². The van der Waals surface area contributed by atoms with Gasteiger partial charge in [-0.25, -0.2) is 4.68 Å². The monoisotopic (exact) mass is 232 g/mol. The molecule has 0 spiro atoms. The molecule has 0 aromatic carbocycles. The van der Waals surface area contributed by atoms with Crippen LogP contribution < -0.4 is 0 Å². The van der Waals surface area contributed by atoms with Gasteiger partial charge in [-0.1, -0.05) is 11.3 Å². The molecule has 1 N–H and O–H groups in total. The summed E-state index contributed by atoms with van der Waals surface area (Å²) in [7, 11) is 0. The SMILES string of the molecule is CCn1nncc1C(O)c1ncc(C)cc1C. The summed E-state index contributed by atoms with van der Waals surface area (Å²) in [5, 5.41) is 18.0. The number of pyridine rings is 1. The second kappa shape index (κ2) is 4.63. The molecule has 2 aromatic heterocycles. The van der Waals surface area contributed by atoms with Crippen molar-refractivity contribution in [3.63, 3.8) is 0 Å². The fourth-order valence-corrected chi connectivity index (χ4v) is 1.88. The van der Waals surface area contributed by atoms with E-state index in [-0.39, 0.29) is 0 Å². The molecule has 1 atom stereocenters. The van der Waals surface area contributed by atoms with Gasteiger partial charge < -0.3 is 5.11 Å². The minimum absolute atomic E-state index is 0.660. The quantitative estimate of drug-likeness (QED) is 0.868. The van der Waals surface area contributed by atoms with E-state index in [1.165, 1.54) is 0 Å².